The highest BCUT2D eigenvalue weighted by Gasteiger charge is 2.21. The van der Waals surface area contributed by atoms with Crippen LogP contribution >= 0.6 is 0 Å². The lowest BCUT2D eigenvalue weighted by atomic mass is 10.2. The molecule has 104 valence electrons. The van der Waals surface area contributed by atoms with Crippen molar-refractivity contribution in [2.24, 2.45) is 0 Å². The number of ether oxygens (including phenoxy) is 1. The van der Waals surface area contributed by atoms with E-state index in [1.165, 1.54) is 5.56 Å². The molecule has 0 bridgehead atoms. The van der Waals surface area contributed by atoms with E-state index in [-0.39, 0.29) is 6.09 Å². The van der Waals surface area contributed by atoms with Crippen molar-refractivity contribution in [3.05, 3.63) is 30.1 Å². The van der Waals surface area contributed by atoms with Gasteiger partial charge in [0.2, 0.25) is 0 Å². The molecule has 1 saturated heterocycles. The van der Waals surface area contributed by atoms with E-state index in [2.05, 4.69) is 22.0 Å². The van der Waals surface area contributed by atoms with Gasteiger partial charge in [-0.2, -0.15) is 0 Å². The molecule has 2 heterocycles. The van der Waals surface area contributed by atoms with Gasteiger partial charge in [-0.1, -0.05) is 0 Å². The summed E-state index contributed by atoms with van der Waals surface area (Å²) < 4.78 is 5.01. The standard InChI is InChI=1S/C14H21N3O2/c1-2-19-14(18)17-11-9-16(10-12-17)8-5-13-3-6-15-7-4-13/h3-4,6-7H,2,5,8-12H2,1H3. The number of rotatable bonds is 4. The van der Waals surface area contributed by atoms with Gasteiger partial charge in [-0.05, 0) is 31.0 Å². The fraction of sp³-hybridized carbons (Fsp3) is 0.571. The quantitative estimate of drug-likeness (QED) is 0.823. The SMILES string of the molecule is CCOC(=O)N1CCN(CCc2ccncc2)CC1. The topological polar surface area (TPSA) is 45.7 Å². The van der Waals surface area contributed by atoms with Crippen LogP contribution in [0.15, 0.2) is 24.5 Å². The first-order valence-corrected chi connectivity index (χ1v) is 6.82. The lowest BCUT2D eigenvalue weighted by molar-refractivity contribution is 0.0799. The highest BCUT2D eigenvalue weighted by atomic mass is 16.6. The van der Waals surface area contributed by atoms with Crippen molar-refractivity contribution >= 4 is 6.09 Å². The van der Waals surface area contributed by atoms with Crippen LogP contribution in [0.25, 0.3) is 0 Å². The molecule has 1 aliphatic rings. The number of hydrogen-bond donors (Lipinski definition) is 0. The molecular formula is C14H21N3O2. The second-order valence-corrected chi connectivity index (χ2v) is 4.63. The largest absolute Gasteiger partial charge is 0.450 e. The Morgan fingerprint density at radius 2 is 1.95 bits per heavy atom. The smallest absolute Gasteiger partial charge is 0.409 e. The van der Waals surface area contributed by atoms with Gasteiger partial charge in [0.15, 0.2) is 0 Å². The third kappa shape index (κ3) is 4.21. The third-order valence-electron chi connectivity index (χ3n) is 3.36. The average molecular weight is 263 g/mol. The molecule has 0 aliphatic carbocycles. The average Bonchev–Trinajstić information content (AvgIpc) is 2.47. The van der Waals surface area contributed by atoms with Gasteiger partial charge in [-0.3, -0.25) is 9.88 Å². The van der Waals surface area contributed by atoms with Crippen LogP contribution < -0.4 is 0 Å². The molecule has 5 nitrogen and oxygen atoms in total. The maximum absolute atomic E-state index is 11.6. The molecule has 0 radical (unpaired) electrons. The lowest BCUT2D eigenvalue weighted by Crippen LogP contribution is -2.49. The number of aromatic nitrogens is 1. The summed E-state index contributed by atoms with van der Waals surface area (Å²) >= 11 is 0. The number of amides is 1. The zero-order valence-corrected chi connectivity index (χ0v) is 11.4. The minimum atomic E-state index is -0.184. The Morgan fingerprint density at radius 3 is 2.58 bits per heavy atom. The fourth-order valence-corrected chi connectivity index (χ4v) is 2.21. The van der Waals surface area contributed by atoms with Crippen LogP contribution in [0.3, 0.4) is 0 Å². The molecule has 1 aromatic rings. The Bertz CT molecular complexity index is 389. The van der Waals surface area contributed by atoms with Gasteiger partial charge in [-0.15, -0.1) is 0 Å². The van der Waals surface area contributed by atoms with Crippen LogP contribution in [-0.2, 0) is 11.2 Å². The van der Waals surface area contributed by atoms with E-state index in [1.807, 2.05) is 19.3 Å². The molecule has 2 rings (SSSR count). The van der Waals surface area contributed by atoms with E-state index < -0.39 is 0 Å². The Morgan fingerprint density at radius 1 is 1.26 bits per heavy atom. The van der Waals surface area contributed by atoms with Crippen molar-refractivity contribution in [2.45, 2.75) is 13.3 Å². The summed E-state index contributed by atoms with van der Waals surface area (Å²) in [6, 6.07) is 4.10. The van der Waals surface area contributed by atoms with Crippen LogP contribution in [0.2, 0.25) is 0 Å². The first-order chi connectivity index (χ1) is 9.29. The van der Waals surface area contributed by atoms with E-state index in [0.29, 0.717) is 6.61 Å². The second kappa shape index (κ2) is 7.09. The van der Waals surface area contributed by atoms with Gasteiger partial charge in [-0.25, -0.2) is 4.79 Å². The molecule has 0 spiro atoms. The molecule has 0 unspecified atom stereocenters. The zero-order valence-electron chi connectivity index (χ0n) is 11.4. The maximum Gasteiger partial charge on any atom is 0.409 e. The normalized spacial score (nSPS) is 16.4. The molecule has 0 atom stereocenters. The first kappa shape index (κ1) is 13.8. The summed E-state index contributed by atoms with van der Waals surface area (Å²) in [5.74, 6) is 0. The highest BCUT2D eigenvalue weighted by molar-refractivity contribution is 5.67. The lowest BCUT2D eigenvalue weighted by Gasteiger charge is -2.33. The van der Waals surface area contributed by atoms with Gasteiger partial charge in [0.05, 0.1) is 6.61 Å². The van der Waals surface area contributed by atoms with E-state index >= 15 is 0 Å². The monoisotopic (exact) mass is 263 g/mol. The van der Waals surface area contributed by atoms with Crippen LogP contribution in [0.5, 0.6) is 0 Å². The van der Waals surface area contributed by atoms with E-state index in [1.54, 1.807) is 4.90 Å². The summed E-state index contributed by atoms with van der Waals surface area (Å²) in [6.07, 6.45) is 4.50. The molecule has 1 aliphatic heterocycles. The molecule has 1 aromatic heterocycles. The summed E-state index contributed by atoms with van der Waals surface area (Å²) in [4.78, 5) is 19.7. The fourth-order valence-electron chi connectivity index (χ4n) is 2.21. The molecule has 1 fully saturated rings. The van der Waals surface area contributed by atoms with Crippen LogP contribution in [0.1, 0.15) is 12.5 Å². The number of piperazine rings is 1. The Hall–Kier alpha value is -1.62. The molecule has 0 aromatic carbocycles. The minimum Gasteiger partial charge on any atom is -0.450 e. The number of carbonyl (C=O) groups is 1. The van der Waals surface area contributed by atoms with E-state index in [4.69, 9.17) is 4.74 Å². The van der Waals surface area contributed by atoms with Crippen molar-refractivity contribution in [3.63, 3.8) is 0 Å². The van der Waals surface area contributed by atoms with E-state index in [9.17, 15) is 4.79 Å². The van der Waals surface area contributed by atoms with Gasteiger partial charge < -0.3 is 9.64 Å². The first-order valence-electron chi connectivity index (χ1n) is 6.82. The molecule has 0 N–H and O–H groups in total. The Kier molecular flexibility index (Phi) is 5.15. The van der Waals surface area contributed by atoms with Gasteiger partial charge in [0.25, 0.3) is 0 Å². The molecule has 5 heteroatoms. The Labute approximate surface area is 114 Å². The predicted octanol–water partition coefficient (Wildman–Crippen LogP) is 1.40. The van der Waals surface area contributed by atoms with Crippen LogP contribution in [0.4, 0.5) is 4.79 Å². The highest BCUT2D eigenvalue weighted by Crippen LogP contribution is 2.06. The summed E-state index contributed by atoms with van der Waals surface area (Å²) in [7, 11) is 0. The van der Waals surface area contributed by atoms with Crippen LogP contribution in [-0.4, -0.2) is 60.2 Å². The predicted molar refractivity (Wildman–Crippen MR) is 73.0 cm³/mol. The second-order valence-electron chi connectivity index (χ2n) is 4.63. The van der Waals surface area contributed by atoms with E-state index in [0.717, 1.165) is 39.1 Å². The summed E-state index contributed by atoms with van der Waals surface area (Å²) in [5.41, 5.74) is 1.31. The maximum atomic E-state index is 11.6. The number of pyridine rings is 1. The van der Waals surface area contributed by atoms with Crippen molar-refractivity contribution in [1.82, 2.24) is 14.8 Å². The number of nitrogens with zero attached hydrogens (tertiary/aromatic N) is 3. The molecule has 19 heavy (non-hydrogen) atoms. The van der Waals surface area contributed by atoms with Gasteiger partial charge in [0.1, 0.15) is 0 Å². The van der Waals surface area contributed by atoms with Gasteiger partial charge >= 0.3 is 6.09 Å². The summed E-state index contributed by atoms with van der Waals surface area (Å²) in [5, 5.41) is 0. The van der Waals surface area contributed by atoms with Crippen molar-refractivity contribution in [2.75, 3.05) is 39.3 Å². The summed E-state index contributed by atoms with van der Waals surface area (Å²) in [6.45, 7) is 6.67. The van der Waals surface area contributed by atoms with Crippen LogP contribution in [0, 0.1) is 0 Å². The number of carbonyl (C=O) groups excluding carboxylic acids is 1. The minimum absolute atomic E-state index is 0.184. The van der Waals surface area contributed by atoms with Gasteiger partial charge in [0, 0.05) is 45.1 Å². The number of hydrogen-bond acceptors (Lipinski definition) is 4. The zero-order chi connectivity index (χ0) is 13.5. The molecule has 1 amide bonds. The molecule has 0 saturated carbocycles. The third-order valence-corrected chi connectivity index (χ3v) is 3.36. The molecular weight excluding hydrogens is 242 g/mol. The van der Waals surface area contributed by atoms with Crippen molar-refractivity contribution in [1.29, 1.82) is 0 Å². The Balaban J connectivity index is 1.70. The van der Waals surface area contributed by atoms with Crippen molar-refractivity contribution in [3.8, 4) is 0 Å². The van der Waals surface area contributed by atoms with Crippen molar-refractivity contribution < 1.29 is 9.53 Å².